The third-order valence-electron chi connectivity index (χ3n) is 3.57. The van der Waals surface area contributed by atoms with Crippen LogP contribution in [0.5, 0.6) is 0 Å². The summed E-state index contributed by atoms with van der Waals surface area (Å²) in [6.45, 7) is 8.03. The van der Waals surface area contributed by atoms with Crippen LogP contribution in [0.4, 0.5) is 11.4 Å². The molecular formula is C15H26N4O10P2. The van der Waals surface area contributed by atoms with Crippen LogP contribution >= 0.6 is 15.6 Å². The van der Waals surface area contributed by atoms with Gasteiger partial charge in [-0.3, -0.25) is 15.1 Å². The number of benzene rings is 1. The molecule has 176 valence electrons. The highest BCUT2D eigenvalue weighted by Gasteiger charge is 2.09. The summed E-state index contributed by atoms with van der Waals surface area (Å²) in [7, 11) is -9.28. The second-order valence-corrected chi connectivity index (χ2v) is 7.85. The van der Waals surface area contributed by atoms with Crippen molar-refractivity contribution in [1.29, 1.82) is 0 Å². The summed E-state index contributed by atoms with van der Waals surface area (Å²) in [6.07, 6.45) is 1.72. The first-order chi connectivity index (χ1) is 14.2. The number of nitrogens with zero attached hydrogens (tertiary/aromatic N) is 3. The van der Waals surface area contributed by atoms with Gasteiger partial charge in [0.2, 0.25) is 0 Å². The van der Waals surface area contributed by atoms with Crippen molar-refractivity contribution in [3.63, 3.8) is 0 Å². The summed E-state index contributed by atoms with van der Waals surface area (Å²) in [5.74, 6) is 0. The number of phosphoric acid groups is 2. The van der Waals surface area contributed by atoms with Crippen LogP contribution < -0.4 is 5.32 Å². The van der Waals surface area contributed by atoms with Gasteiger partial charge in [0.1, 0.15) is 0 Å². The minimum Gasteiger partial charge on any atom is -0.383 e. The molecule has 0 aliphatic heterocycles. The second kappa shape index (κ2) is 13.4. The summed E-state index contributed by atoms with van der Waals surface area (Å²) in [4.78, 5) is 60.2. The lowest BCUT2D eigenvalue weighted by molar-refractivity contribution is -0.384. The molecule has 0 unspecified atom stereocenters. The molecule has 0 aliphatic rings. The largest absolute Gasteiger partial charge is 0.466 e. The molecule has 0 saturated carbocycles. The van der Waals surface area contributed by atoms with Gasteiger partial charge in [-0.1, -0.05) is 13.8 Å². The number of anilines is 1. The Morgan fingerprint density at radius 2 is 1.55 bits per heavy atom. The molecule has 0 atom stereocenters. The highest BCUT2D eigenvalue weighted by molar-refractivity contribution is 7.45. The van der Waals surface area contributed by atoms with Crippen molar-refractivity contribution < 1.29 is 43.4 Å². The SMILES string of the molecule is CCN(CC)CCNc1ccnc2ccc([N+](=O)[O-])cc12.O=P(O)(O)O.O=P(O)(O)O. The zero-order chi connectivity index (χ0) is 24.2. The van der Waals surface area contributed by atoms with Gasteiger partial charge in [-0.15, -0.1) is 0 Å². The van der Waals surface area contributed by atoms with Crippen LogP contribution in [0, 0.1) is 10.1 Å². The average Bonchev–Trinajstić information content (AvgIpc) is 2.62. The molecule has 0 spiro atoms. The zero-order valence-electron chi connectivity index (χ0n) is 16.8. The maximum atomic E-state index is 10.9. The lowest BCUT2D eigenvalue weighted by Gasteiger charge is -2.18. The molecular weight excluding hydrogens is 458 g/mol. The number of non-ortho nitro benzene ring substituents is 1. The fraction of sp³-hybridized carbons (Fsp3) is 0.400. The fourth-order valence-corrected chi connectivity index (χ4v) is 2.29. The van der Waals surface area contributed by atoms with Gasteiger partial charge < -0.3 is 39.6 Å². The summed E-state index contributed by atoms with van der Waals surface area (Å²) in [5, 5.41) is 15.0. The normalized spacial score (nSPS) is 11.3. The lowest BCUT2D eigenvalue weighted by Crippen LogP contribution is -2.28. The highest BCUT2D eigenvalue weighted by atomic mass is 31.2. The molecule has 0 amide bonds. The number of nitro benzene ring substituents is 1. The van der Waals surface area contributed by atoms with Crippen molar-refractivity contribution in [2.75, 3.05) is 31.5 Å². The van der Waals surface area contributed by atoms with Crippen molar-refractivity contribution >= 4 is 37.9 Å². The highest BCUT2D eigenvalue weighted by Crippen LogP contribution is 2.27. The standard InChI is InChI=1S/C15H20N4O2.2H3O4P/c1-3-18(4-2)10-9-17-15-7-8-16-14-6-5-12(19(20)21)11-13(14)15;2*1-5(2,3)4/h5-8,11H,3-4,9-10H2,1-2H3,(H,16,17);2*(H3,1,2,3,4). The molecule has 0 fully saturated rings. The van der Waals surface area contributed by atoms with E-state index < -0.39 is 15.6 Å². The topological polar surface area (TPSA) is 227 Å². The number of aromatic nitrogens is 1. The quantitative estimate of drug-likeness (QED) is 0.166. The van der Waals surface area contributed by atoms with Crippen LogP contribution in [0.2, 0.25) is 0 Å². The predicted molar refractivity (Wildman–Crippen MR) is 113 cm³/mol. The maximum absolute atomic E-state index is 10.9. The minimum absolute atomic E-state index is 0.0855. The molecule has 14 nitrogen and oxygen atoms in total. The summed E-state index contributed by atoms with van der Waals surface area (Å²) >= 11 is 0. The molecule has 2 rings (SSSR count). The number of nitrogens with one attached hydrogen (secondary N) is 1. The first kappa shape index (κ1) is 29.0. The third-order valence-corrected chi connectivity index (χ3v) is 3.57. The van der Waals surface area contributed by atoms with Crippen LogP contribution in [0.3, 0.4) is 0 Å². The van der Waals surface area contributed by atoms with E-state index in [1.807, 2.05) is 6.07 Å². The van der Waals surface area contributed by atoms with E-state index >= 15 is 0 Å². The van der Waals surface area contributed by atoms with Crippen molar-refractivity contribution in [2.24, 2.45) is 0 Å². The summed E-state index contributed by atoms with van der Waals surface area (Å²) in [6, 6.07) is 6.59. The van der Waals surface area contributed by atoms with Gasteiger partial charge in [0, 0.05) is 42.5 Å². The van der Waals surface area contributed by atoms with Gasteiger partial charge in [0.05, 0.1) is 10.4 Å². The summed E-state index contributed by atoms with van der Waals surface area (Å²) in [5.41, 5.74) is 1.73. The zero-order valence-corrected chi connectivity index (χ0v) is 18.6. The molecule has 1 aromatic heterocycles. The minimum atomic E-state index is -4.64. The number of hydrogen-bond donors (Lipinski definition) is 7. The number of rotatable bonds is 7. The Bertz CT molecular complexity index is 893. The van der Waals surface area contributed by atoms with Gasteiger partial charge >= 0.3 is 15.6 Å². The molecule has 7 N–H and O–H groups in total. The van der Waals surface area contributed by atoms with E-state index in [9.17, 15) is 10.1 Å². The van der Waals surface area contributed by atoms with Gasteiger partial charge in [-0.05, 0) is 25.2 Å². The molecule has 0 saturated heterocycles. The van der Waals surface area contributed by atoms with Gasteiger partial charge in [-0.2, -0.15) is 0 Å². The van der Waals surface area contributed by atoms with Gasteiger partial charge in [-0.25, -0.2) is 9.13 Å². The van der Waals surface area contributed by atoms with E-state index in [0.29, 0.717) is 0 Å². The second-order valence-electron chi connectivity index (χ2n) is 5.80. The van der Waals surface area contributed by atoms with Crippen LogP contribution in [-0.2, 0) is 9.13 Å². The van der Waals surface area contributed by atoms with E-state index in [-0.39, 0.29) is 10.6 Å². The van der Waals surface area contributed by atoms with Crippen LogP contribution in [0.15, 0.2) is 30.5 Å². The predicted octanol–water partition coefficient (Wildman–Crippen LogP) is 1.04. The molecule has 1 aromatic carbocycles. The van der Waals surface area contributed by atoms with E-state index in [0.717, 1.165) is 42.8 Å². The monoisotopic (exact) mass is 484 g/mol. The number of fused-ring (bicyclic) bond motifs is 1. The molecule has 0 bridgehead atoms. The Hall–Kier alpha value is -1.99. The first-order valence-electron chi connectivity index (χ1n) is 8.71. The molecule has 31 heavy (non-hydrogen) atoms. The van der Waals surface area contributed by atoms with Crippen molar-refractivity contribution in [3.8, 4) is 0 Å². The van der Waals surface area contributed by atoms with Crippen LogP contribution in [0.25, 0.3) is 10.9 Å². The number of pyridine rings is 1. The smallest absolute Gasteiger partial charge is 0.383 e. The van der Waals surface area contributed by atoms with E-state index in [4.69, 9.17) is 38.5 Å². The molecule has 0 aliphatic carbocycles. The Labute approximate surface area is 177 Å². The number of hydrogen-bond acceptors (Lipinski definition) is 7. The maximum Gasteiger partial charge on any atom is 0.466 e. The Morgan fingerprint density at radius 3 is 2.00 bits per heavy atom. The summed E-state index contributed by atoms with van der Waals surface area (Å²) < 4.78 is 17.8. The fourth-order valence-electron chi connectivity index (χ4n) is 2.29. The van der Waals surface area contributed by atoms with Crippen molar-refractivity contribution in [1.82, 2.24) is 9.88 Å². The van der Waals surface area contributed by atoms with Crippen LogP contribution in [-0.4, -0.2) is 70.3 Å². The van der Waals surface area contributed by atoms with Gasteiger partial charge in [0.15, 0.2) is 0 Å². The Kier molecular flexibility index (Phi) is 12.6. The van der Waals surface area contributed by atoms with Gasteiger partial charge in [0.25, 0.3) is 5.69 Å². The van der Waals surface area contributed by atoms with E-state index in [2.05, 4.69) is 29.0 Å². The first-order valence-corrected chi connectivity index (χ1v) is 11.8. The Balaban J connectivity index is 0.000000752. The number of nitro groups is 1. The molecule has 0 radical (unpaired) electrons. The van der Waals surface area contributed by atoms with Crippen molar-refractivity contribution in [3.05, 3.63) is 40.6 Å². The van der Waals surface area contributed by atoms with E-state index in [1.165, 1.54) is 6.07 Å². The average molecular weight is 484 g/mol. The lowest BCUT2D eigenvalue weighted by atomic mass is 10.1. The number of likely N-dealkylation sites (N-methyl/N-ethyl adjacent to an activating group) is 1. The Morgan fingerprint density at radius 1 is 1.03 bits per heavy atom. The van der Waals surface area contributed by atoms with Crippen LogP contribution in [0.1, 0.15) is 13.8 Å². The van der Waals surface area contributed by atoms with E-state index in [1.54, 1.807) is 18.3 Å². The molecule has 2 aromatic rings. The third kappa shape index (κ3) is 15.5. The van der Waals surface area contributed by atoms with Crippen molar-refractivity contribution in [2.45, 2.75) is 13.8 Å². The molecule has 16 heteroatoms. The molecule has 1 heterocycles.